The quantitative estimate of drug-likeness (QED) is 0.830. The molecule has 118 valence electrons. The maximum absolute atomic E-state index is 12.0. The summed E-state index contributed by atoms with van der Waals surface area (Å²) < 4.78 is 5.42. The third-order valence-electron chi connectivity index (χ3n) is 3.45. The highest BCUT2D eigenvalue weighted by Gasteiger charge is 2.25. The van der Waals surface area contributed by atoms with E-state index in [9.17, 15) is 4.79 Å². The molecule has 0 bridgehead atoms. The van der Waals surface area contributed by atoms with E-state index in [-0.39, 0.29) is 18.6 Å². The summed E-state index contributed by atoms with van der Waals surface area (Å²) in [4.78, 5) is 13.8. The Morgan fingerprint density at radius 2 is 2.10 bits per heavy atom. The van der Waals surface area contributed by atoms with Crippen molar-refractivity contribution in [3.63, 3.8) is 0 Å². The van der Waals surface area contributed by atoms with Crippen LogP contribution >= 0.6 is 0 Å². The molecule has 0 aromatic heterocycles. The number of nitrogens with one attached hydrogen (secondary N) is 1. The van der Waals surface area contributed by atoms with Gasteiger partial charge in [0, 0.05) is 32.3 Å². The Labute approximate surface area is 122 Å². The molecule has 0 aromatic rings. The van der Waals surface area contributed by atoms with Gasteiger partial charge in [-0.2, -0.15) is 0 Å². The Kier molecular flexibility index (Phi) is 6.76. The van der Waals surface area contributed by atoms with Crippen molar-refractivity contribution in [3.05, 3.63) is 0 Å². The largest absolute Gasteiger partial charge is 0.444 e. The zero-order chi connectivity index (χ0) is 15.2. The van der Waals surface area contributed by atoms with Crippen LogP contribution in [0.15, 0.2) is 0 Å². The highest BCUT2D eigenvalue weighted by Crippen LogP contribution is 2.15. The molecule has 5 nitrogen and oxygen atoms in total. The number of hydrogen-bond acceptors (Lipinski definition) is 4. The van der Waals surface area contributed by atoms with E-state index in [4.69, 9.17) is 9.84 Å². The van der Waals surface area contributed by atoms with E-state index in [1.807, 2.05) is 32.6 Å². The summed E-state index contributed by atoms with van der Waals surface area (Å²) in [5.41, 5.74) is -0.433. The SMILES string of the molecule is CC(CO)CNC1CCCN(C(=O)OC(C)(C)C)CC1. The fourth-order valence-corrected chi connectivity index (χ4v) is 2.24. The van der Waals surface area contributed by atoms with Crippen LogP contribution in [0.4, 0.5) is 4.79 Å². The number of rotatable bonds is 4. The summed E-state index contributed by atoms with van der Waals surface area (Å²) in [5.74, 6) is 0.278. The monoisotopic (exact) mass is 286 g/mol. The van der Waals surface area contributed by atoms with Gasteiger partial charge < -0.3 is 20.1 Å². The highest BCUT2D eigenvalue weighted by atomic mass is 16.6. The Morgan fingerprint density at radius 1 is 1.40 bits per heavy atom. The molecule has 1 amide bonds. The molecule has 0 saturated carbocycles. The maximum Gasteiger partial charge on any atom is 0.410 e. The number of carbonyl (C=O) groups is 1. The lowest BCUT2D eigenvalue weighted by atomic mass is 10.1. The molecule has 2 unspecified atom stereocenters. The summed E-state index contributed by atoms with van der Waals surface area (Å²) in [6.45, 7) is 10.2. The standard InChI is InChI=1S/C15H30N2O3/c1-12(11-18)10-16-13-6-5-8-17(9-7-13)14(19)20-15(2,3)4/h12-13,16,18H,5-11H2,1-4H3. The molecule has 0 spiro atoms. The zero-order valence-corrected chi connectivity index (χ0v) is 13.3. The Morgan fingerprint density at radius 3 is 2.70 bits per heavy atom. The van der Waals surface area contributed by atoms with Crippen LogP contribution in [0.2, 0.25) is 0 Å². The van der Waals surface area contributed by atoms with Gasteiger partial charge in [-0.3, -0.25) is 0 Å². The fourth-order valence-electron chi connectivity index (χ4n) is 2.24. The third-order valence-corrected chi connectivity index (χ3v) is 3.45. The van der Waals surface area contributed by atoms with Crippen LogP contribution in [0.1, 0.15) is 47.0 Å². The van der Waals surface area contributed by atoms with E-state index >= 15 is 0 Å². The van der Waals surface area contributed by atoms with Crippen molar-refractivity contribution in [3.8, 4) is 0 Å². The van der Waals surface area contributed by atoms with Gasteiger partial charge in [-0.15, -0.1) is 0 Å². The molecular weight excluding hydrogens is 256 g/mol. The minimum absolute atomic E-state index is 0.207. The molecule has 1 heterocycles. The molecule has 0 radical (unpaired) electrons. The first-order valence-corrected chi connectivity index (χ1v) is 7.64. The van der Waals surface area contributed by atoms with Crippen LogP contribution in [0.25, 0.3) is 0 Å². The van der Waals surface area contributed by atoms with Crippen molar-refractivity contribution < 1.29 is 14.6 Å². The zero-order valence-electron chi connectivity index (χ0n) is 13.3. The van der Waals surface area contributed by atoms with Gasteiger partial charge in [0.25, 0.3) is 0 Å². The second-order valence-corrected chi connectivity index (χ2v) is 6.79. The predicted molar refractivity (Wildman–Crippen MR) is 79.7 cm³/mol. The molecule has 0 aromatic carbocycles. The summed E-state index contributed by atoms with van der Waals surface area (Å²) >= 11 is 0. The first-order valence-electron chi connectivity index (χ1n) is 7.64. The highest BCUT2D eigenvalue weighted by molar-refractivity contribution is 5.68. The van der Waals surface area contributed by atoms with Gasteiger partial charge >= 0.3 is 6.09 Å². The van der Waals surface area contributed by atoms with Crippen LogP contribution < -0.4 is 5.32 Å². The Bertz CT molecular complexity index is 302. The minimum atomic E-state index is -0.433. The number of aliphatic hydroxyl groups is 1. The average molecular weight is 286 g/mol. The number of ether oxygens (including phenoxy) is 1. The summed E-state index contributed by atoms with van der Waals surface area (Å²) in [6, 6.07) is 0.427. The van der Waals surface area contributed by atoms with E-state index in [1.165, 1.54) is 0 Å². The van der Waals surface area contributed by atoms with Crippen molar-refractivity contribution in [2.24, 2.45) is 5.92 Å². The lowest BCUT2D eigenvalue weighted by Gasteiger charge is -2.26. The average Bonchev–Trinajstić information content (AvgIpc) is 2.59. The minimum Gasteiger partial charge on any atom is -0.444 e. The lowest BCUT2D eigenvalue weighted by Crippen LogP contribution is -2.38. The molecule has 1 aliphatic rings. The Balaban J connectivity index is 2.37. The maximum atomic E-state index is 12.0. The molecule has 1 rings (SSSR count). The van der Waals surface area contributed by atoms with Crippen LogP contribution in [0, 0.1) is 5.92 Å². The summed E-state index contributed by atoms with van der Waals surface area (Å²) in [5, 5.41) is 12.5. The molecular formula is C15H30N2O3. The van der Waals surface area contributed by atoms with Crippen molar-refractivity contribution in [2.45, 2.75) is 58.6 Å². The van der Waals surface area contributed by atoms with Gasteiger partial charge in [-0.1, -0.05) is 6.92 Å². The summed E-state index contributed by atoms with van der Waals surface area (Å²) in [6.07, 6.45) is 2.79. The van der Waals surface area contributed by atoms with E-state index in [1.54, 1.807) is 0 Å². The van der Waals surface area contributed by atoms with Crippen LogP contribution in [0.5, 0.6) is 0 Å². The molecule has 20 heavy (non-hydrogen) atoms. The molecule has 0 aliphatic carbocycles. The van der Waals surface area contributed by atoms with Crippen molar-refractivity contribution >= 4 is 6.09 Å². The number of hydrogen-bond donors (Lipinski definition) is 2. The number of likely N-dealkylation sites (tertiary alicyclic amines) is 1. The topological polar surface area (TPSA) is 61.8 Å². The fraction of sp³-hybridized carbons (Fsp3) is 0.933. The normalized spacial score (nSPS) is 22.2. The van der Waals surface area contributed by atoms with E-state index < -0.39 is 5.60 Å². The molecule has 1 fully saturated rings. The van der Waals surface area contributed by atoms with E-state index in [2.05, 4.69) is 5.32 Å². The Hall–Kier alpha value is -0.810. The van der Waals surface area contributed by atoms with Crippen molar-refractivity contribution in [2.75, 3.05) is 26.2 Å². The van der Waals surface area contributed by atoms with Gasteiger partial charge in [0.2, 0.25) is 0 Å². The van der Waals surface area contributed by atoms with Gasteiger partial charge in [-0.25, -0.2) is 4.79 Å². The van der Waals surface area contributed by atoms with E-state index in [0.717, 1.165) is 38.9 Å². The van der Waals surface area contributed by atoms with Gasteiger partial charge in [0.1, 0.15) is 5.60 Å². The van der Waals surface area contributed by atoms with E-state index in [0.29, 0.717) is 6.04 Å². The van der Waals surface area contributed by atoms with Gasteiger partial charge in [0.05, 0.1) is 0 Å². The van der Waals surface area contributed by atoms with Crippen molar-refractivity contribution in [1.29, 1.82) is 0 Å². The van der Waals surface area contributed by atoms with Crippen molar-refractivity contribution in [1.82, 2.24) is 10.2 Å². The molecule has 2 atom stereocenters. The third kappa shape index (κ3) is 6.57. The van der Waals surface area contributed by atoms with Gasteiger partial charge in [0.15, 0.2) is 0 Å². The second kappa shape index (κ2) is 7.84. The van der Waals surface area contributed by atoms with Gasteiger partial charge in [-0.05, 0) is 46.0 Å². The van der Waals surface area contributed by atoms with Crippen LogP contribution in [0.3, 0.4) is 0 Å². The smallest absolute Gasteiger partial charge is 0.410 e. The number of aliphatic hydroxyl groups excluding tert-OH is 1. The molecule has 5 heteroatoms. The first-order chi connectivity index (χ1) is 9.31. The predicted octanol–water partition coefficient (Wildman–Crippen LogP) is 1.99. The number of carbonyl (C=O) groups excluding carboxylic acids is 1. The van der Waals surface area contributed by atoms with Crippen LogP contribution in [-0.4, -0.2) is 54.0 Å². The molecule has 1 saturated heterocycles. The summed E-state index contributed by atoms with van der Waals surface area (Å²) in [7, 11) is 0. The van der Waals surface area contributed by atoms with Crippen LogP contribution in [-0.2, 0) is 4.74 Å². The molecule has 2 N–H and O–H groups in total. The molecule has 1 aliphatic heterocycles. The first kappa shape index (κ1) is 17.2. The number of amides is 1. The second-order valence-electron chi connectivity index (χ2n) is 6.79. The number of nitrogens with zero attached hydrogens (tertiary/aromatic N) is 1. The lowest BCUT2D eigenvalue weighted by molar-refractivity contribution is 0.0256.